The molecule has 0 aromatic heterocycles. The van der Waals surface area contributed by atoms with Crippen molar-refractivity contribution in [2.75, 3.05) is 52.5 Å². The Kier molecular flexibility index (Phi) is 13.1. The smallest absolute Gasteiger partial charge is 0.234 e. The summed E-state index contributed by atoms with van der Waals surface area (Å²) in [5.74, 6) is 0.693. The molecule has 2 unspecified atom stereocenters. The van der Waals surface area contributed by atoms with Gasteiger partial charge in [-0.3, -0.25) is 9.69 Å². The highest BCUT2D eigenvalue weighted by atomic mass is 35.5. The van der Waals surface area contributed by atoms with Crippen LogP contribution in [0.4, 0.5) is 0 Å². The van der Waals surface area contributed by atoms with E-state index < -0.39 is 0 Å². The van der Waals surface area contributed by atoms with Gasteiger partial charge in [-0.05, 0) is 18.8 Å². The monoisotopic (exact) mass is 385 g/mol. The van der Waals surface area contributed by atoms with E-state index in [-0.39, 0.29) is 42.9 Å². The molecule has 0 aliphatic carbocycles. The molecule has 0 spiro atoms. The maximum atomic E-state index is 11.8. The second-order valence-electron chi connectivity index (χ2n) is 6.72. The van der Waals surface area contributed by atoms with Crippen LogP contribution in [0.2, 0.25) is 0 Å². The van der Waals surface area contributed by atoms with Crippen molar-refractivity contribution in [1.82, 2.24) is 15.5 Å². The molecule has 2 fully saturated rings. The van der Waals surface area contributed by atoms with Gasteiger partial charge in [0, 0.05) is 39.3 Å². The second kappa shape index (κ2) is 13.1. The molecule has 2 atom stereocenters. The topological polar surface area (TPSA) is 62.8 Å². The fourth-order valence-electron chi connectivity index (χ4n) is 3.03. The van der Waals surface area contributed by atoms with Crippen molar-refractivity contribution >= 4 is 30.7 Å². The summed E-state index contributed by atoms with van der Waals surface area (Å²) in [5, 5.41) is 6.12. The van der Waals surface area contributed by atoms with Crippen LogP contribution in [0.3, 0.4) is 0 Å². The number of hydrogen-bond donors (Lipinski definition) is 2. The Morgan fingerprint density at radius 2 is 1.92 bits per heavy atom. The standard InChI is InChI=1S/C16H31N3O3.2ClH/c1-13(2)11-19-5-7-22-15(12-19)9-18-16(20)10-17-8-14-4-3-6-21-14;;/h13-15,17H,3-12H2,1-2H3,(H,18,20);2*1H. The first-order valence-electron chi connectivity index (χ1n) is 8.56. The number of carbonyl (C=O) groups excluding carboxylic acids is 1. The SMILES string of the molecule is CC(C)CN1CCOC(CNC(=O)CNCC2CCCO2)C1.Cl.Cl. The predicted octanol–water partition coefficient (Wildman–Crippen LogP) is 1.07. The number of nitrogens with one attached hydrogen (secondary N) is 2. The Morgan fingerprint density at radius 3 is 2.58 bits per heavy atom. The zero-order valence-electron chi connectivity index (χ0n) is 14.8. The molecule has 0 aromatic carbocycles. The van der Waals surface area contributed by atoms with E-state index in [4.69, 9.17) is 9.47 Å². The minimum absolute atomic E-state index is 0. The van der Waals surface area contributed by atoms with Gasteiger partial charge in [-0.2, -0.15) is 0 Å². The number of hydrogen-bond acceptors (Lipinski definition) is 5. The normalized spacial score (nSPS) is 24.3. The molecule has 144 valence electrons. The van der Waals surface area contributed by atoms with Gasteiger partial charge in [0.05, 0.1) is 25.4 Å². The molecule has 0 radical (unpaired) electrons. The number of amides is 1. The van der Waals surface area contributed by atoms with E-state index in [1.165, 1.54) is 0 Å². The third-order valence-electron chi connectivity index (χ3n) is 4.05. The van der Waals surface area contributed by atoms with Crippen LogP contribution in [-0.2, 0) is 14.3 Å². The lowest BCUT2D eigenvalue weighted by Crippen LogP contribution is -2.49. The molecule has 8 heteroatoms. The maximum Gasteiger partial charge on any atom is 0.234 e. The lowest BCUT2D eigenvalue weighted by molar-refractivity contribution is -0.121. The van der Waals surface area contributed by atoms with Gasteiger partial charge in [-0.1, -0.05) is 13.8 Å². The number of carbonyl (C=O) groups is 1. The van der Waals surface area contributed by atoms with Crippen molar-refractivity contribution < 1.29 is 14.3 Å². The van der Waals surface area contributed by atoms with Gasteiger partial charge in [0.1, 0.15) is 0 Å². The molecule has 2 N–H and O–H groups in total. The third-order valence-corrected chi connectivity index (χ3v) is 4.05. The van der Waals surface area contributed by atoms with Crippen LogP contribution in [0.25, 0.3) is 0 Å². The molecular weight excluding hydrogens is 353 g/mol. The Bertz CT molecular complexity index is 343. The van der Waals surface area contributed by atoms with Crippen molar-refractivity contribution in [3.63, 3.8) is 0 Å². The second-order valence-corrected chi connectivity index (χ2v) is 6.72. The van der Waals surface area contributed by atoms with Crippen molar-refractivity contribution in [3.8, 4) is 0 Å². The molecule has 1 amide bonds. The summed E-state index contributed by atoms with van der Waals surface area (Å²) in [4.78, 5) is 14.3. The number of halogens is 2. The molecule has 2 aliphatic rings. The quantitative estimate of drug-likeness (QED) is 0.654. The van der Waals surface area contributed by atoms with Crippen LogP contribution in [0.1, 0.15) is 26.7 Å². The maximum absolute atomic E-state index is 11.8. The zero-order valence-corrected chi connectivity index (χ0v) is 16.4. The third kappa shape index (κ3) is 9.39. The van der Waals surface area contributed by atoms with Crippen molar-refractivity contribution in [1.29, 1.82) is 0 Å². The van der Waals surface area contributed by atoms with Crippen molar-refractivity contribution in [3.05, 3.63) is 0 Å². The van der Waals surface area contributed by atoms with Crippen LogP contribution in [0.5, 0.6) is 0 Å². The summed E-state index contributed by atoms with van der Waals surface area (Å²) < 4.78 is 11.2. The highest BCUT2D eigenvalue weighted by molar-refractivity contribution is 5.85. The Balaban J connectivity index is 0.00000264. The summed E-state index contributed by atoms with van der Waals surface area (Å²) in [6.45, 7) is 10.8. The molecule has 2 saturated heterocycles. The number of morpholine rings is 1. The van der Waals surface area contributed by atoms with Crippen LogP contribution in [0, 0.1) is 5.92 Å². The predicted molar refractivity (Wildman–Crippen MR) is 100 cm³/mol. The largest absolute Gasteiger partial charge is 0.377 e. The number of rotatable bonds is 8. The Labute approximate surface area is 158 Å². The zero-order chi connectivity index (χ0) is 15.8. The molecule has 0 saturated carbocycles. The summed E-state index contributed by atoms with van der Waals surface area (Å²) >= 11 is 0. The lowest BCUT2D eigenvalue weighted by Gasteiger charge is -2.33. The Morgan fingerprint density at radius 1 is 1.17 bits per heavy atom. The van der Waals surface area contributed by atoms with Crippen LogP contribution in [-0.4, -0.2) is 75.5 Å². The fraction of sp³-hybridized carbons (Fsp3) is 0.938. The summed E-state index contributed by atoms with van der Waals surface area (Å²) in [6.07, 6.45) is 2.61. The van der Waals surface area contributed by atoms with Gasteiger partial charge in [-0.15, -0.1) is 24.8 Å². The molecule has 2 rings (SSSR count). The molecule has 6 nitrogen and oxygen atoms in total. The van der Waals surface area contributed by atoms with Gasteiger partial charge in [-0.25, -0.2) is 0 Å². The van der Waals surface area contributed by atoms with Crippen LogP contribution < -0.4 is 10.6 Å². The summed E-state index contributed by atoms with van der Waals surface area (Å²) in [6, 6.07) is 0. The van der Waals surface area contributed by atoms with Crippen molar-refractivity contribution in [2.24, 2.45) is 5.92 Å². The molecular formula is C16H33Cl2N3O3. The molecule has 24 heavy (non-hydrogen) atoms. The van der Waals surface area contributed by atoms with E-state index in [0.29, 0.717) is 19.0 Å². The minimum Gasteiger partial charge on any atom is -0.377 e. The van der Waals surface area contributed by atoms with Crippen molar-refractivity contribution in [2.45, 2.75) is 38.9 Å². The first-order chi connectivity index (χ1) is 10.6. The first kappa shape index (κ1) is 23.9. The number of ether oxygens (including phenoxy) is 2. The highest BCUT2D eigenvalue weighted by Gasteiger charge is 2.21. The first-order valence-corrected chi connectivity index (χ1v) is 8.56. The fourth-order valence-corrected chi connectivity index (χ4v) is 3.03. The molecule has 2 heterocycles. The lowest BCUT2D eigenvalue weighted by atomic mass is 10.2. The van der Waals surface area contributed by atoms with E-state index in [0.717, 1.165) is 52.2 Å². The summed E-state index contributed by atoms with van der Waals surface area (Å²) in [7, 11) is 0. The van der Waals surface area contributed by atoms with Gasteiger partial charge < -0.3 is 20.1 Å². The Hall–Kier alpha value is -0.110. The van der Waals surface area contributed by atoms with Gasteiger partial charge in [0.2, 0.25) is 5.91 Å². The molecule has 2 aliphatic heterocycles. The minimum atomic E-state index is 0. The average molecular weight is 386 g/mol. The molecule has 0 bridgehead atoms. The highest BCUT2D eigenvalue weighted by Crippen LogP contribution is 2.10. The van der Waals surface area contributed by atoms with Crippen LogP contribution >= 0.6 is 24.8 Å². The van der Waals surface area contributed by atoms with E-state index in [2.05, 4.69) is 29.4 Å². The average Bonchev–Trinajstić information content (AvgIpc) is 2.98. The summed E-state index contributed by atoms with van der Waals surface area (Å²) in [5.41, 5.74) is 0. The van der Waals surface area contributed by atoms with Gasteiger partial charge in [0.15, 0.2) is 0 Å². The van der Waals surface area contributed by atoms with E-state index in [1.807, 2.05) is 0 Å². The van der Waals surface area contributed by atoms with E-state index in [9.17, 15) is 4.79 Å². The molecule has 0 aromatic rings. The van der Waals surface area contributed by atoms with E-state index in [1.54, 1.807) is 0 Å². The van der Waals surface area contributed by atoms with Gasteiger partial charge in [0.25, 0.3) is 0 Å². The van der Waals surface area contributed by atoms with Gasteiger partial charge >= 0.3 is 0 Å². The van der Waals surface area contributed by atoms with E-state index >= 15 is 0 Å². The number of nitrogens with zero attached hydrogens (tertiary/aromatic N) is 1. The van der Waals surface area contributed by atoms with Crippen LogP contribution in [0.15, 0.2) is 0 Å².